The Morgan fingerprint density at radius 2 is 1.84 bits per heavy atom. The van der Waals surface area contributed by atoms with Crippen LogP contribution in [0.4, 0.5) is 0 Å². The number of benzene rings is 1. The summed E-state index contributed by atoms with van der Waals surface area (Å²) in [6.45, 7) is 1.28. The SMILES string of the molecule is CC(O)C(NC(=O)Cc1c(Cl)cccc1Cl)C(=O)O. The molecule has 2 unspecified atom stereocenters. The number of carboxylic acid groups (broad SMARTS) is 1. The van der Waals surface area contributed by atoms with Crippen LogP contribution in [0, 0.1) is 0 Å². The highest BCUT2D eigenvalue weighted by Gasteiger charge is 2.25. The summed E-state index contributed by atoms with van der Waals surface area (Å²) in [5, 5.41) is 21.0. The largest absolute Gasteiger partial charge is 0.480 e. The molecular formula is C12H13Cl2NO4. The molecule has 0 saturated carbocycles. The Hall–Kier alpha value is -1.30. The number of nitrogens with one attached hydrogen (secondary N) is 1. The van der Waals surface area contributed by atoms with Gasteiger partial charge < -0.3 is 15.5 Å². The van der Waals surface area contributed by atoms with E-state index < -0.39 is 24.0 Å². The molecule has 5 nitrogen and oxygen atoms in total. The topological polar surface area (TPSA) is 86.6 Å². The van der Waals surface area contributed by atoms with Crippen molar-refractivity contribution in [3.05, 3.63) is 33.8 Å². The molecule has 0 aliphatic heterocycles. The number of carboxylic acids is 1. The smallest absolute Gasteiger partial charge is 0.328 e. The Labute approximate surface area is 120 Å². The standard InChI is InChI=1S/C12H13Cl2NO4/c1-6(16)11(12(18)19)15-10(17)5-7-8(13)3-2-4-9(7)14/h2-4,6,11,16H,5H2,1H3,(H,15,17)(H,18,19). The predicted molar refractivity (Wildman–Crippen MR) is 71.4 cm³/mol. The highest BCUT2D eigenvalue weighted by molar-refractivity contribution is 6.36. The van der Waals surface area contributed by atoms with E-state index in [1.807, 2.05) is 0 Å². The molecule has 1 amide bonds. The summed E-state index contributed by atoms with van der Waals surface area (Å²) in [7, 11) is 0. The molecule has 104 valence electrons. The number of aliphatic carboxylic acids is 1. The van der Waals surface area contributed by atoms with Gasteiger partial charge in [0.25, 0.3) is 0 Å². The van der Waals surface area contributed by atoms with Gasteiger partial charge in [-0.1, -0.05) is 29.3 Å². The van der Waals surface area contributed by atoms with Crippen LogP contribution in [0.3, 0.4) is 0 Å². The van der Waals surface area contributed by atoms with Gasteiger partial charge in [-0.05, 0) is 24.6 Å². The Morgan fingerprint density at radius 3 is 2.26 bits per heavy atom. The third kappa shape index (κ3) is 4.38. The third-order valence-electron chi connectivity index (χ3n) is 2.46. The summed E-state index contributed by atoms with van der Waals surface area (Å²) in [6, 6.07) is 3.44. The summed E-state index contributed by atoms with van der Waals surface area (Å²) in [5.74, 6) is -1.89. The van der Waals surface area contributed by atoms with Crippen LogP contribution in [0.25, 0.3) is 0 Å². The number of halogens is 2. The number of rotatable bonds is 5. The van der Waals surface area contributed by atoms with Crippen molar-refractivity contribution in [1.82, 2.24) is 5.32 Å². The van der Waals surface area contributed by atoms with Crippen LogP contribution in [0.5, 0.6) is 0 Å². The van der Waals surface area contributed by atoms with Gasteiger partial charge in [-0.15, -0.1) is 0 Å². The summed E-state index contributed by atoms with van der Waals surface area (Å²) >= 11 is 11.8. The number of amides is 1. The van der Waals surface area contributed by atoms with E-state index in [9.17, 15) is 14.7 Å². The highest BCUT2D eigenvalue weighted by Crippen LogP contribution is 2.24. The minimum Gasteiger partial charge on any atom is -0.480 e. The lowest BCUT2D eigenvalue weighted by molar-refractivity contribution is -0.144. The zero-order valence-electron chi connectivity index (χ0n) is 10.1. The normalized spacial score (nSPS) is 13.7. The number of hydrogen-bond donors (Lipinski definition) is 3. The fourth-order valence-electron chi connectivity index (χ4n) is 1.47. The Balaban J connectivity index is 2.78. The average molecular weight is 306 g/mol. The molecule has 7 heteroatoms. The molecule has 1 aromatic carbocycles. The monoisotopic (exact) mass is 305 g/mol. The molecule has 0 fully saturated rings. The van der Waals surface area contributed by atoms with Crippen molar-refractivity contribution in [2.24, 2.45) is 0 Å². The van der Waals surface area contributed by atoms with Crippen LogP contribution in [0.15, 0.2) is 18.2 Å². The molecule has 1 aromatic rings. The molecule has 0 aliphatic rings. The molecule has 2 atom stereocenters. The number of aliphatic hydroxyl groups is 1. The zero-order valence-corrected chi connectivity index (χ0v) is 11.6. The third-order valence-corrected chi connectivity index (χ3v) is 3.17. The molecule has 0 saturated heterocycles. The van der Waals surface area contributed by atoms with Crippen molar-refractivity contribution >= 4 is 35.1 Å². The Bertz CT molecular complexity index is 470. The van der Waals surface area contributed by atoms with Gasteiger partial charge in [0, 0.05) is 10.0 Å². The van der Waals surface area contributed by atoms with E-state index in [4.69, 9.17) is 28.3 Å². The Kier molecular flexibility index (Phi) is 5.60. The minimum absolute atomic E-state index is 0.158. The average Bonchev–Trinajstić information content (AvgIpc) is 2.30. The van der Waals surface area contributed by atoms with Crippen LogP contribution < -0.4 is 5.32 Å². The number of carbonyl (C=O) groups excluding carboxylic acids is 1. The lowest BCUT2D eigenvalue weighted by atomic mass is 10.1. The molecule has 0 aromatic heterocycles. The predicted octanol–water partition coefficient (Wildman–Crippen LogP) is 1.49. The van der Waals surface area contributed by atoms with Crippen LogP contribution >= 0.6 is 23.2 Å². The van der Waals surface area contributed by atoms with E-state index in [0.717, 1.165) is 0 Å². The fourth-order valence-corrected chi connectivity index (χ4v) is 2.01. The minimum atomic E-state index is -1.37. The summed E-state index contributed by atoms with van der Waals surface area (Å²) < 4.78 is 0. The van der Waals surface area contributed by atoms with Gasteiger partial charge in [-0.3, -0.25) is 4.79 Å². The first-order valence-corrected chi connectivity index (χ1v) is 6.21. The molecule has 0 heterocycles. The van der Waals surface area contributed by atoms with Crippen molar-refractivity contribution in [3.8, 4) is 0 Å². The second kappa shape index (κ2) is 6.75. The molecule has 0 bridgehead atoms. The molecule has 3 N–H and O–H groups in total. The van der Waals surface area contributed by atoms with Gasteiger partial charge in [0.1, 0.15) is 0 Å². The number of carbonyl (C=O) groups is 2. The maximum absolute atomic E-state index is 11.7. The van der Waals surface area contributed by atoms with E-state index in [2.05, 4.69) is 5.32 Å². The van der Waals surface area contributed by atoms with Gasteiger partial charge in [0.05, 0.1) is 12.5 Å². The van der Waals surface area contributed by atoms with Crippen molar-refractivity contribution in [2.75, 3.05) is 0 Å². The lowest BCUT2D eigenvalue weighted by Gasteiger charge is -2.17. The van der Waals surface area contributed by atoms with E-state index in [1.165, 1.54) is 6.92 Å². The first-order valence-electron chi connectivity index (χ1n) is 5.46. The van der Waals surface area contributed by atoms with E-state index in [0.29, 0.717) is 15.6 Å². The van der Waals surface area contributed by atoms with Crippen LogP contribution in [-0.2, 0) is 16.0 Å². The lowest BCUT2D eigenvalue weighted by Crippen LogP contribution is -2.48. The second-order valence-electron chi connectivity index (χ2n) is 4.00. The fraction of sp³-hybridized carbons (Fsp3) is 0.333. The molecule has 19 heavy (non-hydrogen) atoms. The van der Waals surface area contributed by atoms with Crippen LogP contribution in [0.1, 0.15) is 12.5 Å². The van der Waals surface area contributed by atoms with Crippen molar-refractivity contribution in [3.63, 3.8) is 0 Å². The quantitative estimate of drug-likeness (QED) is 0.769. The van der Waals surface area contributed by atoms with Crippen molar-refractivity contribution < 1.29 is 19.8 Å². The summed E-state index contributed by atoms with van der Waals surface area (Å²) in [5.41, 5.74) is 0.415. The van der Waals surface area contributed by atoms with Gasteiger partial charge in [0.15, 0.2) is 6.04 Å². The van der Waals surface area contributed by atoms with Gasteiger partial charge in [0.2, 0.25) is 5.91 Å². The van der Waals surface area contributed by atoms with Gasteiger partial charge in [-0.25, -0.2) is 4.79 Å². The Morgan fingerprint density at radius 1 is 1.32 bits per heavy atom. The zero-order chi connectivity index (χ0) is 14.6. The second-order valence-corrected chi connectivity index (χ2v) is 4.82. The molecular weight excluding hydrogens is 293 g/mol. The molecule has 0 radical (unpaired) electrons. The van der Waals surface area contributed by atoms with Crippen molar-refractivity contribution in [1.29, 1.82) is 0 Å². The van der Waals surface area contributed by atoms with Gasteiger partial charge >= 0.3 is 5.97 Å². The maximum atomic E-state index is 11.7. The number of hydrogen-bond acceptors (Lipinski definition) is 3. The van der Waals surface area contributed by atoms with E-state index >= 15 is 0 Å². The van der Waals surface area contributed by atoms with Gasteiger partial charge in [-0.2, -0.15) is 0 Å². The van der Waals surface area contributed by atoms with Crippen LogP contribution in [0.2, 0.25) is 10.0 Å². The summed E-state index contributed by atoms with van der Waals surface area (Å²) in [4.78, 5) is 22.6. The first kappa shape index (κ1) is 15.8. The maximum Gasteiger partial charge on any atom is 0.328 e. The molecule has 0 aliphatic carbocycles. The van der Waals surface area contributed by atoms with Crippen molar-refractivity contribution in [2.45, 2.75) is 25.5 Å². The summed E-state index contributed by atoms with van der Waals surface area (Å²) in [6.07, 6.45) is -1.36. The van der Waals surface area contributed by atoms with E-state index in [-0.39, 0.29) is 6.42 Å². The highest BCUT2D eigenvalue weighted by atomic mass is 35.5. The first-order chi connectivity index (χ1) is 8.82. The molecule has 0 spiro atoms. The molecule has 1 rings (SSSR count). The number of aliphatic hydroxyl groups excluding tert-OH is 1. The van der Waals surface area contributed by atoms with Crippen LogP contribution in [-0.4, -0.2) is 34.2 Å². The van der Waals surface area contributed by atoms with E-state index in [1.54, 1.807) is 18.2 Å².